The number of carbonyl (C=O) groups excluding carboxylic acids is 4. The monoisotopic (exact) mass is 525 g/mol. The first-order chi connectivity index (χ1) is 18.2. The van der Waals surface area contributed by atoms with Gasteiger partial charge in [0.05, 0.1) is 19.2 Å². The summed E-state index contributed by atoms with van der Waals surface area (Å²) in [4.78, 5) is 59.3. The van der Waals surface area contributed by atoms with Crippen LogP contribution in [0.2, 0.25) is 0 Å². The van der Waals surface area contributed by atoms with Crippen LogP contribution in [0.3, 0.4) is 0 Å². The molecule has 12 nitrogen and oxygen atoms in total. The summed E-state index contributed by atoms with van der Waals surface area (Å²) in [5.74, 6) is -3.32. The highest BCUT2D eigenvalue weighted by Crippen LogP contribution is 2.20. The maximum Gasteiger partial charge on any atom is 0.552 e. The van der Waals surface area contributed by atoms with Crippen molar-refractivity contribution in [3.63, 3.8) is 0 Å². The predicted molar refractivity (Wildman–Crippen MR) is 136 cm³/mol. The van der Waals surface area contributed by atoms with Crippen molar-refractivity contribution in [2.24, 2.45) is 5.92 Å². The fourth-order valence-electron chi connectivity index (χ4n) is 4.05. The smallest absolute Gasteiger partial charge is 0.507 e. The van der Waals surface area contributed by atoms with Gasteiger partial charge in [-0.3, -0.25) is 19.4 Å². The molecule has 0 bridgehead atoms. The third kappa shape index (κ3) is 7.59. The van der Waals surface area contributed by atoms with E-state index in [2.05, 4.69) is 25.9 Å². The van der Waals surface area contributed by atoms with Gasteiger partial charge < -0.3 is 30.0 Å². The number of ether oxygens (including phenoxy) is 1. The van der Waals surface area contributed by atoms with E-state index >= 15 is 0 Å². The standard InChI is InChI=1S/C25H32BN5O7/c1-15(2)12-19(26-37-21(25(35)36-4)20(27-3)24(34)38-26)31-22(32)17(13-16-8-6-5-7-9-16)30-23(33)18-14-28-10-11-29-18/h5-11,14-15,17,19-21,27H,12-13H2,1-4H3,(H,30,33)(H,31,32)/t17-,19-,20+,21?/m0/s1. The van der Waals surface area contributed by atoms with Crippen LogP contribution in [0, 0.1) is 5.92 Å². The lowest BCUT2D eigenvalue weighted by Crippen LogP contribution is -2.64. The molecule has 1 aromatic carbocycles. The van der Waals surface area contributed by atoms with Crippen LogP contribution in [0.5, 0.6) is 0 Å². The third-order valence-corrected chi connectivity index (χ3v) is 5.90. The van der Waals surface area contributed by atoms with Gasteiger partial charge in [-0.05, 0) is 24.9 Å². The molecule has 1 aliphatic heterocycles. The van der Waals surface area contributed by atoms with Crippen LogP contribution in [0.1, 0.15) is 36.3 Å². The van der Waals surface area contributed by atoms with Crippen molar-refractivity contribution in [3.8, 4) is 0 Å². The summed E-state index contributed by atoms with van der Waals surface area (Å²) in [5.41, 5.74) is 0.871. The molecule has 0 aliphatic carbocycles. The number of likely N-dealkylation sites (N-methyl/N-ethyl adjacent to an activating group) is 1. The Morgan fingerprint density at radius 3 is 2.47 bits per heavy atom. The van der Waals surface area contributed by atoms with Crippen molar-refractivity contribution in [1.82, 2.24) is 25.9 Å². The molecule has 0 radical (unpaired) electrons. The number of carbonyl (C=O) groups is 4. The molecule has 3 N–H and O–H groups in total. The predicted octanol–water partition coefficient (Wildman–Crippen LogP) is 0.0790. The molecule has 0 saturated carbocycles. The van der Waals surface area contributed by atoms with E-state index in [1.54, 1.807) is 0 Å². The van der Waals surface area contributed by atoms with E-state index in [0.29, 0.717) is 6.42 Å². The molecular formula is C25H32BN5O7. The van der Waals surface area contributed by atoms with Crippen LogP contribution in [-0.4, -0.2) is 79.1 Å². The van der Waals surface area contributed by atoms with Gasteiger partial charge in [-0.15, -0.1) is 0 Å². The summed E-state index contributed by atoms with van der Waals surface area (Å²) in [6.07, 6.45) is 3.40. The Morgan fingerprint density at radius 2 is 1.87 bits per heavy atom. The highest BCUT2D eigenvalue weighted by molar-refractivity contribution is 6.50. The summed E-state index contributed by atoms with van der Waals surface area (Å²) >= 11 is 0. The molecule has 13 heteroatoms. The van der Waals surface area contributed by atoms with Gasteiger partial charge in [0.15, 0.2) is 6.10 Å². The van der Waals surface area contributed by atoms with E-state index in [-0.39, 0.29) is 18.0 Å². The molecule has 1 aromatic heterocycles. The molecule has 3 rings (SSSR count). The van der Waals surface area contributed by atoms with Crippen LogP contribution < -0.4 is 16.0 Å². The summed E-state index contributed by atoms with van der Waals surface area (Å²) in [5, 5.41) is 8.28. The van der Waals surface area contributed by atoms with Crippen molar-refractivity contribution >= 4 is 30.9 Å². The fourth-order valence-corrected chi connectivity index (χ4v) is 4.05. The number of esters is 1. The SMILES string of the molecule is CN[C@H]1C(=O)OB([C@H](CC(C)C)NC(=O)[C@H](Cc2ccccc2)NC(=O)c2cnccn2)OC1C(=O)OC. The second-order valence-electron chi connectivity index (χ2n) is 9.20. The van der Waals surface area contributed by atoms with Crippen LogP contribution in [0.15, 0.2) is 48.9 Å². The zero-order chi connectivity index (χ0) is 27.7. The average molecular weight is 525 g/mol. The van der Waals surface area contributed by atoms with Crippen molar-refractivity contribution in [2.75, 3.05) is 14.2 Å². The molecule has 1 aliphatic rings. The molecule has 1 saturated heterocycles. The summed E-state index contributed by atoms with van der Waals surface area (Å²) in [6.45, 7) is 3.85. The minimum Gasteiger partial charge on any atom is -0.507 e. The van der Waals surface area contributed by atoms with Gasteiger partial charge in [-0.25, -0.2) is 9.78 Å². The first kappa shape index (κ1) is 28.7. The third-order valence-electron chi connectivity index (χ3n) is 5.90. The van der Waals surface area contributed by atoms with Gasteiger partial charge >= 0.3 is 19.1 Å². The topological polar surface area (TPSA) is 158 Å². The zero-order valence-electron chi connectivity index (χ0n) is 21.7. The average Bonchev–Trinajstić information content (AvgIpc) is 2.92. The van der Waals surface area contributed by atoms with Gasteiger partial charge in [0.1, 0.15) is 17.8 Å². The first-order valence-electron chi connectivity index (χ1n) is 12.3. The Balaban J connectivity index is 1.83. The van der Waals surface area contributed by atoms with Crippen molar-refractivity contribution in [3.05, 3.63) is 60.2 Å². The van der Waals surface area contributed by atoms with E-state index in [4.69, 9.17) is 14.0 Å². The summed E-state index contributed by atoms with van der Waals surface area (Å²) < 4.78 is 16.1. The molecule has 2 aromatic rings. The van der Waals surface area contributed by atoms with Crippen molar-refractivity contribution < 1.29 is 33.2 Å². The maximum absolute atomic E-state index is 13.6. The number of rotatable bonds is 11. The van der Waals surface area contributed by atoms with E-state index in [9.17, 15) is 19.2 Å². The van der Waals surface area contributed by atoms with E-state index < -0.39 is 55.0 Å². The molecule has 1 unspecified atom stereocenters. The molecule has 1 fully saturated rings. The highest BCUT2D eigenvalue weighted by Gasteiger charge is 2.50. The number of methoxy groups -OCH3 is 1. The first-order valence-corrected chi connectivity index (χ1v) is 12.3. The van der Waals surface area contributed by atoms with Crippen molar-refractivity contribution in [1.29, 1.82) is 0 Å². The molecule has 4 atom stereocenters. The van der Waals surface area contributed by atoms with Gasteiger partial charge in [0.2, 0.25) is 5.91 Å². The van der Waals surface area contributed by atoms with Gasteiger partial charge in [0, 0.05) is 18.8 Å². The number of amides is 2. The Morgan fingerprint density at radius 1 is 1.13 bits per heavy atom. The minimum atomic E-state index is -1.26. The van der Waals surface area contributed by atoms with Crippen molar-refractivity contribution in [2.45, 2.75) is 50.8 Å². The number of nitrogens with zero attached hydrogens (tertiary/aromatic N) is 2. The van der Waals surface area contributed by atoms with Crippen LogP contribution >= 0.6 is 0 Å². The van der Waals surface area contributed by atoms with E-state index in [0.717, 1.165) is 5.56 Å². The van der Waals surface area contributed by atoms with Crippen LogP contribution in [-0.2, 0) is 34.9 Å². The number of hydrogen-bond acceptors (Lipinski definition) is 10. The number of nitrogens with one attached hydrogen (secondary N) is 3. The Bertz CT molecular complexity index is 1110. The molecule has 0 spiro atoms. The van der Waals surface area contributed by atoms with E-state index in [1.165, 1.54) is 32.7 Å². The molecule has 2 heterocycles. The summed E-state index contributed by atoms with van der Waals surface area (Å²) in [7, 11) is 1.43. The zero-order valence-corrected chi connectivity index (χ0v) is 21.7. The Kier molecular flexibility index (Phi) is 10.3. The van der Waals surface area contributed by atoms with Gasteiger partial charge in [-0.1, -0.05) is 44.2 Å². The Labute approximate surface area is 221 Å². The van der Waals surface area contributed by atoms with Crippen LogP contribution in [0.25, 0.3) is 0 Å². The van der Waals surface area contributed by atoms with Gasteiger partial charge in [0.25, 0.3) is 5.91 Å². The molecule has 2 amide bonds. The second kappa shape index (κ2) is 13.6. The van der Waals surface area contributed by atoms with Crippen LogP contribution in [0.4, 0.5) is 0 Å². The largest absolute Gasteiger partial charge is 0.552 e. The Hall–Kier alpha value is -3.84. The maximum atomic E-state index is 13.6. The number of benzene rings is 1. The lowest BCUT2D eigenvalue weighted by molar-refractivity contribution is -0.163. The molecule has 38 heavy (non-hydrogen) atoms. The number of hydrogen-bond donors (Lipinski definition) is 3. The normalized spacial score (nSPS) is 18.8. The summed E-state index contributed by atoms with van der Waals surface area (Å²) in [6, 6.07) is 7.12. The van der Waals surface area contributed by atoms with E-state index in [1.807, 2.05) is 44.2 Å². The lowest BCUT2D eigenvalue weighted by Gasteiger charge is -2.36. The van der Waals surface area contributed by atoms with Gasteiger partial charge in [-0.2, -0.15) is 0 Å². The quantitative estimate of drug-likeness (QED) is 0.271. The second-order valence-corrected chi connectivity index (χ2v) is 9.20. The molecular weight excluding hydrogens is 493 g/mol. The number of aromatic nitrogens is 2. The molecule has 202 valence electrons. The minimum absolute atomic E-state index is 0.0562. The highest BCUT2D eigenvalue weighted by atomic mass is 16.7. The lowest BCUT2D eigenvalue weighted by atomic mass is 9.72. The fraction of sp³-hybridized carbons (Fsp3) is 0.440.